The van der Waals surface area contributed by atoms with E-state index in [4.69, 9.17) is 21.1 Å². The van der Waals surface area contributed by atoms with Crippen LogP contribution in [-0.2, 0) is 21.2 Å². The Morgan fingerprint density at radius 3 is 2.22 bits per heavy atom. The summed E-state index contributed by atoms with van der Waals surface area (Å²) in [5, 5.41) is 0.170. The molecule has 0 aromatic heterocycles. The fraction of sp³-hybridized carbons (Fsp3) is 0.296. The van der Waals surface area contributed by atoms with Crippen molar-refractivity contribution in [1.29, 1.82) is 0 Å². The van der Waals surface area contributed by atoms with E-state index in [1.165, 1.54) is 25.3 Å². The summed E-state index contributed by atoms with van der Waals surface area (Å²) < 4.78 is 39.8. The predicted molar refractivity (Wildman–Crippen MR) is 144 cm³/mol. The summed E-state index contributed by atoms with van der Waals surface area (Å²) in [6, 6.07) is 20.3. The Morgan fingerprint density at radius 1 is 0.919 bits per heavy atom. The molecule has 1 saturated heterocycles. The van der Waals surface area contributed by atoms with Crippen LogP contribution in [0.2, 0.25) is 5.02 Å². The Kier molecular flexibility index (Phi) is 8.58. The third-order valence-corrected chi connectivity index (χ3v) is 8.09. The predicted octanol–water partition coefficient (Wildman–Crippen LogP) is 3.60. The maximum Gasteiger partial charge on any atom is 0.241 e. The second-order valence-corrected chi connectivity index (χ2v) is 10.8. The molecule has 1 aliphatic heterocycles. The fourth-order valence-corrected chi connectivity index (χ4v) is 5.92. The first-order valence-corrected chi connectivity index (χ1v) is 13.7. The van der Waals surface area contributed by atoms with Crippen molar-refractivity contribution in [3.8, 4) is 11.5 Å². The molecule has 0 aliphatic carbocycles. The Hall–Kier alpha value is -3.27. The van der Waals surface area contributed by atoms with Gasteiger partial charge in [0.25, 0.3) is 0 Å². The molecule has 1 atom stereocenters. The number of carbonyl (C=O) groups excluding carboxylic acids is 1. The first-order chi connectivity index (χ1) is 17.8. The first kappa shape index (κ1) is 26.8. The Labute approximate surface area is 222 Å². The van der Waals surface area contributed by atoms with Gasteiger partial charge in [0.1, 0.15) is 17.5 Å². The highest BCUT2D eigenvalue weighted by Gasteiger charge is 2.32. The zero-order valence-electron chi connectivity index (χ0n) is 20.8. The quantitative estimate of drug-likeness (QED) is 0.444. The molecule has 37 heavy (non-hydrogen) atoms. The van der Waals surface area contributed by atoms with Crippen LogP contribution in [0.4, 0.5) is 5.69 Å². The second-order valence-electron chi connectivity index (χ2n) is 8.64. The fourth-order valence-electron chi connectivity index (χ4n) is 4.38. The van der Waals surface area contributed by atoms with E-state index < -0.39 is 16.1 Å². The standard InChI is InChI=1S/C27H30ClN3O5S/c1-35-25-13-12-21(19-22(25)28)37(33,34)29-23(18-20-8-4-3-5-9-20)27(32)31-16-14-30(15-17-31)24-10-6-7-11-26(24)36-2/h3-13,19,23,29H,14-18H2,1-2H3. The summed E-state index contributed by atoms with van der Waals surface area (Å²) >= 11 is 6.17. The molecule has 196 valence electrons. The van der Waals surface area contributed by atoms with Gasteiger partial charge in [0.15, 0.2) is 0 Å². The molecular weight excluding hydrogens is 514 g/mol. The summed E-state index contributed by atoms with van der Waals surface area (Å²) in [4.78, 5) is 17.5. The van der Waals surface area contributed by atoms with E-state index in [9.17, 15) is 13.2 Å². The lowest BCUT2D eigenvalue weighted by Crippen LogP contribution is -2.55. The van der Waals surface area contributed by atoms with Crippen molar-refractivity contribution < 1.29 is 22.7 Å². The van der Waals surface area contributed by atoms with Gasteiger partial charge in [-0.2, -0.15) is 4.72 Å². The van der Waals surface area contributed by atoms with Gasteiger partial charge in [-0.3, -0.25) is 4.79 Å². The van der Waals surface area contributed by atoms with Crippen molar-refractivity contribution >= 4 is 33.2 Å². The minimum Gasteiger partial charge on any atom is -0.495 e. The maximum absolute atomic E-state index is 13.7. The van der Waals surface area contributed by atoms with Crippen molar-refractivity contribution in [3.05, 3.63) is 83.4 Å². The van der Waals surface area contributed by atoms with Crippen LogP contribution < -0.4 is 19.1 Å². The number of rotatable bonds is 9. The lowest BCUT2D eigenvalue weighted by molar-refractivity contribution is -0.133. The van der Waals surface area contributed by atoms with E-state index >= 15 is 0 Å². The highest BCUT2D eigenvalue weighted by Crippen LogP contribution is 2.29. The highest BCUT2D eigenvalue weighted by atomic mass is 35.5. The van der Waals surface area contributed by atoms with Gasteiger partial charge in [0.05, 0.1) is 29.8 Å². The largest absolute Gasteiger partial charge is 0.495 e. The number of hydrogen-bond donors (Lipinski definition) is 1. The van der Waals surface area contributed by atoms with Crippen LogP contribution in [0.5, 0.6) is 11.5 Å². The molecule has 1 heterocycles. The van der Waals surface area contributed by atoms with Crippen molar-refractivity contribution in [1.82, 2.24) is 9.62 Å². The monoisotopic (exact) mass is 543 g/mol. The number of nitrogens with zero attached hydrogens (tertiary/aromatic N) is 2. The number of carbonyl (C=O) groups is 1. The third-order valence-electron chi connectivity index (χ3n) is 6.33. The van der Waals surface area contributed by atoms with Crippen molar-refractivity contribution in [2.24, 2.45) is 0 Å². The summed E-state index contributed by atoms with van der Waals surface area (Å²) in [5.41, 5.74) is 1.82. The smallest absolute Gasteiger partial charge is 0.241 e. The summed E-state index contributed by atoms with van der Waals surface area (Å²) in [6.45, 7) is 2.12. The minimum atomic E-state index is -4.04. The van der Waals surface area contributed by atoms with Crippen LogP contribution >= 0.6 is 11.6 Å². The number of anilines is 1. The van der Waals surface area contributed by atoms with E-state index in [0.717, 1.165) is 17.0 Å². The zero-order chi connectivity index (χ0) is 26.4. The van der Waals surface area contributed by atoms with E-state index in [2.05, 4.69) is 9.62 Å². The molecular formula is C27H30ClN3O5S. The van der Waals surface area contributed by atoms with Crippen molar-refractivity contribution in [3.63, 3.8) is 0 Å². The molecule has 0 radical (unpaired) electrons. The van der Waals surface area contributed by atoms with Gasteiger partial charge >= 0.3 is 0 Å². The zero-order valence-corrected chi connectivity index (χ0v) is 22.3. The van der Waals surface area contributed by atoms with Crippen LogP contribution in [0.3, 0.4) is 0 Å². The van der Waals surface area contributed by atoms with Crippen molar-refractivity contribution in [2.75, 3.05) is 45.3 Å². The normalized spacial score (nSPS) is 14.8. The molecule has 3 aromatic carbocycles. The van der Waals surface area contributed by atoms with Crippen LogP contribution in [0.25, 0.3) is 0 Å². The second kappa shape index (κ2) is 11.9. The molecule has 0 spiro atoms. The van der Waals surface area contributed by atoms with Gasteiger partial charge < -0.3 is 19.3 Å². The van der Waals surface area contributed by atoms with E-state index in [1.807, 2.05) is 54.6 Å². The van der Waals surface area contributed by atoms with Crippen LogP contribution in [0.15, 0.2) is 77.7 Å². The molecule has 10 heteroatoms. The van der Waals surface area contributed by atoms with Gasteiger partial charge in [0.2, 0.25) is 15.9 Å². The van der Waals surface area contributed by atoms with Gasteiger partial charge in [-0.25, -0.2) is 8.42 Å². The number of methoxy groups -OCH3 is 2. The minimum absolute atomic E-state index is 0.0369. The van der Waals surface area contributed by atoms with Gasteiger partial charge in [-0.1, -0.05) is 54.1 Å². The Balaban J connectivity index is 1.53. The number of piperazine rings is 1. The summed E-state index contributed by atoms with van der Waals surface area (Å²) in [5.74, 6) is 0.868. The van der Waals surface area contributed by atoms with Crippen LogP contribution in [0.1, 0.15) is 5.56 Å². The summed E-state index contributed by atoms with van der Waals surface area (Å²) in [6.07, 6.45) is 0.218. The molecule has 0 saturated carbocycles. The number of halogens is 1. The highest BCUT2D eigenvalue weighted by molar-refractivity contribution is 7.89. The van der Waals surface area contributed by atoms with Crippen LogP contribution in [-0.4, -0.2) is 65.7 Å². The number of benzene rings is 3. The topological polar surface area (TPSA) is 88.2 Å². The molecule has 1 amide bonds. The number of ether oxygens (including phenoxy) is 2. The molecule has 8 nitrogen and oxygen atoms in total. The van der Waals surface area contributed by atoms with Crippen molar-refractivity contribution in [2.45, 2.75) is 17.4 Å². The number of amides is 1. The number of hydrogen-bond acceptors (Lipinski definition) is 6. The number of sulfonamides is 1. The molecule has 1 unspecified atom stereocenters. The molecule has 1 N–H and O–H groups in total. The average Bonchev–Trinajstić information content (AvgIpc) is 2.92. The Morgan fingerprint density at radius 2 is 1.57 bits per heavy atom. The van der Waals surface area contributed by atoms with E-state index in [1.54, 1.807) is 12.0 Å². The molecule has 3 aromatic rings. The Bertz CT molecular complexity index is 1330. The average molecular weight is 544 g/mol. The maximum atomic E-state index is 13.7. The lowest BCUT2D eigenvalue weighted by atomic mass is 10.1. The molecule has 4 rings (SSSR count). The first-order valence-electron chi connectivity index (χ1n) is 11.9. The summed E-state index contributed by atoms with van der Waals surface area (Å²) in [7, 11) is -0.950. The molecule has 1 fully saturated rings. The van der Waals surface area contributed by atoms with E-state index in [0.29, 0.717) is 31.9 Å². The SMILES string of the molecule is COc1ccc(S(=O)(=O)NC(Cc2ccccc2)C(=O)N2CCN(c3ccccc3OC)CC2)cc1Cl. The van der Waals surface area contributed by atoms with Gasteiger partial charge in [-0.15, -0.1) is 0 Å². The van der Waals surface area contributed by atoms with Crippen LogP contribution in [0, 0.1) is 0 Å². The number of nitrogens with one attached hydrogen (secondary N) is 1. The van der Waals surface area contributed by atoms with Gasteiger partial charge in [-0.05, 0) is 42.3 Å². The number of para-hydroxylation sites is 2. The third kappa shape index (κ3) is 6.36. The molecule has 0 bridgehead atoms. The van der Waals surface area contributed by atoms with Gasteiger partial charge in [0, 0.05) is 26.2 Å². The lowest BCUT2D eigenvalue weighted by Gasteiger charge is -2.38. The van der Waals surface area contributed by atoms with E-state index in [-0.39, 0.29) is 22.2 Å². The molecule has 1 aliphatic rings.